The first-order valence-corrected chi connectivity index (χ1v) is 8.55. The molecule has 1 aromatic carbocycles. The van der Waals surface area contributed by atoms with Gasteiger partial charge in [0.15, 0.2) is 0 Å². The number of amides is 1. The van der Waals surface area contributed by atoms with Crippen LogP contribution in [-0.2, 0) is 0 Å². The Morgan fingerprint density at radius 2 is 1.96 bits per heavy atom. The van der Waals surface area contributed by atoms with Crippen LogP contribution in [0.3, 0.4) is 0 Å². The summed E-state index contributed by atoms with van der Waals surface area (Å²) in [4.78, 5) is 16.9. The lowest BCUT2D eigenvalue weighted by atomic mass is 10.1. The van der Waals surface area contributed by atoms with Gasteiger partial charge in [-0.1, -0.05) is 36.7 Å². The zero-order valence-corrected chi connectivity index (χ0v) is 14.8. The Kier molecular flexibility index (Phi) is 4.60. The highest BCUT2D eigenvalue weighted by Gasteiger charge is 2.30. The molecule has 0 unspecified atom stereocenters. The number of nitrogens with zero attached hydrogens (tertiary/aromatic N) is 3. The number of hydrogen-bond donors (Lipinski definition) is 0. The standard InChI is InChI=1S/C19H25N3O2/c1-13(2)17-11-18(24-20-17)19(23)22-10-9-21(12-15(22)4)16-7-5-14(3)6-8-16/h5-8,11,13,15H,9-10,12H2,1-4H3/t15-/m1/s1. The molecule has 1 aromatic heterocycles. The Labute approximate surface area is 143 Å². The molecule has 0 aliphatic carbocycles. The average molecular weight is 327 g/mol. The van der Waals surface area contributed by atoms with E-state index in [-0.39, 0.29) is 17.9 Å². The summed E-state index contributed by atoms with van der Waals surface area (Å²) in [6.45, 7) is 10.6. The number of rotatable bonds is 3. The van der Waals surface area contributed by atoms with Crippen LogP contribution in [0.2, 0.25) is 0 Å². The van der Waals surface area contributed by atoms with E-state index in [2.05, 4.69) is 48.2 Å². The van der Waals surface area contributed by atoms with Gasteiger partial charge in [-0.2, -0.15) is 0 Å². The molecule has 0 N–H and O–H groups in total. The minimum absolute atomic E-state index is 0.0644. The van der Waals surface area contributed by atoms with Gasteiger partial charge in [0.25, 0.3) is 5.91 Å². The van der Waals surface area contributed by atoms with E-state index in [1.165, 1.54) is 11.3 Å². The fourth-order valence-corrected chi connectivity index (χ4v) is 3.05. The third kappa shape index (κ3) is 3.30. The highest BCUT2D eigenvalue weighted by atomic mass is 16.5. The molecule has 24 heavy (non-hydrogen) atoms. The van der Waals surface area contributed by atoms with Crippen LogP contribution in [0.15, 0.2) is 34.9 Å². The number of hydrogen-bond acceptors (Lipinski definition) is 4. The summed E-state index contributed by atoms with van der Waals surface area (Å²) in [5.74, 6) is 0.533. The van der Waals surface area contributed by atoms with E-state index < -0.39 is 0 Å². The fraction of sp³-hybridized carbons (Fsp3) is 0.474. The molecule has 1 atom stereocenters. The third-order valence-electron chi connectivity index (χ3n) is 4.62. The van der Waals surface area contributed by atoms with Gasteiger partial charge in [0, 0.05) is 37.4 Å². The summed E-state index contributed by atoms with van der Waals surface area (Å²) >= 11 is 0. The van der Waals surface area contributed by atoms with Crippen LogP contribution in [0, 0.1) is 6.92 Å². The number of aromatic nitrogens is 1. The van der Waals surface area contributed by atoms with Crippen LogP contribution >= 0.6 is 0 Å². The minimum Gasteiger partial charge on any atom is -0.368 e. The monoisotopic (exact) mass is 327 g/mol. The van der Waals surface area contributed by atoms with E-state index in [1.807, 2.05) is 18.7 Å². The quantitative estimate of drug-likeness (QED) is 0.866. The average Bonchev–Trinajstić information content (AvgIpc) is 3.05. The zero-order valence-electron chi connectivity index (χ0n) is 14.8. The lowest BCUT2D eigenvalue weighted by Crippen LogP contribution is -2.54. The summed E-state index contributed by atoms with van der Waals surface area (Å²) < 4.78 is 5.26. The lowest BCUT2D eigenvalue weighted by Gasteiger charge is -2.40. The van der Waals surface area contributed by atoms with Crippen LogP contribution in [0.25, 0.3) is 0 Å². The highest BCUT2D eigenvalue weighted by Crippen LogP contribution is 2.22. The first kappa shape index (κ1) is 16.6. The van der Waals surface area contributed by atoms with Gasteiger partial charge < -0.3 is 14.3 Å². The Balaban J connectivity index is 1.68. The van der Waals surface area contributed by atoms with E-state index in [9.17, 15) is 4.79 Å². The zero-order chi connectivity index (χ0) is 17.3. The number of piperazine rings is 1. The molecular formula is C19H25N3O2. The first-order chi connectivity index (χ1) is 11.5. The molecule has 1 aliphatic rings. The number of carbonyl (C=O) groups is 1. The van der Waals surface area contributed by atoms with Crippen molar-refractivity contribution in [2.75, 3.05) is 24.5 Å². The van der Waals surface area contributed by atoms with Gasteiger partial charge in [-0.25, -0.2) is 0 Å². The van der Waals surface area contributed by atoms with Gasteiger partial charge in [-0.3, -0.25) is 4.79 Å². The van der Waals surface area contributed by atoms with Crippen molar-refractivity contribution in [3.63, 3.8) is 0 Å². The summed E-state index contributed by atoms with van der Waals surface area (Å²) in [6, 6.07) is 10.4. The molecule has 0 radical (unpaired) electrons. The van der Waals surface area contributed by atoms with Crippen LogP contribution in [0.1, 0.15) is 48.5 Å². The molecular weight excluding hydrogens is 302 g/mol. The second-order valence-electron chi connectivity index (χ2n) is 6.90. The molecule has 5 nitrogen and oxygen atoms in total. The van der Waals surface area contributed by atoms with Crippen molar-refractivity contribution in [2.24, 2.45) is 0 Å². The van der Waals surface area contributed by atoms with Crippen molar-refractivity contribution in [1.82, 2.24) is 10.1 Å². The second-order valence-corrected chi connectivity index (χ2v) is 6.90. The molecule has 1 amide bonds. The Morgan fingerprint density at radius 1 is 1.25 bits per heavy atom. The van der Waals surface area contributed by atoms with E-state index in [0.29, 0.717) is 12.3 Å². The van der Waals surface area contributed by atoms with Crippen molar-refractivity contribution in [2.45, 2.75) is 39.7 Å². The SMILES string of the molecule is Cc1ccc(N2CCN(C(=O)c3cc(C(C)C)no3)[C@H](C)C2)cc1. The number of aryl methyl sites for hydroxylation is 1. The van der Waals surface area contributed by atoms with Crippen molar-refractivity contribution < 1.29 is 9.32 Å². The first-order valence-electron chi connectivity index (χ1n) is 8.55. The van der Waals surface area contributed by atoms with Crippen LogP contribution in [0.5, 0.6) is 0 Å². The van der Waals surface area contributed by atoms with Crippen LogP contribution < -0.4 is 4.90 Å². The second kappa shape index (κ2) is 6.67. The van der Waals surface area contributed by atoms with Crippen LogP contribution in [-0.4, -0.2) is 41.6 Å². The maximum Gasteiger partial charge on any atom is 0.292 e. The van der Waals surface area contributed by atoms with E-state index in [1.54, 1.807) is 6.07 Å². The van der Waals surface area contributed by atoms with Crippen molar-refractivity contribution in [3.8, 4) is 0 Å². The molecule has 2 aromatic rings. The molecule has 5 heteroatoms. The van der Waals surface area contributed by atoms with Gasteiger partial charge >= 0.3 is 0 Å². The number of benzene rings is 1. The molecule has 0 bridgehead atoms. The maximum absolute atomic E-state index is 12.7. The normalized spacial score (nSPS) is 18.3. The number of anilines is 1. The van der Waals surface area contributed by atoms with Crippen molar-refractivity contribution in [1.29, 1.82) is 0 Å². The fourth-order valence-electron chi connectivity index (χ4n) is 3.05. The topological polar surface area (TPSA) is 49.6 Å². The Hall–Kier alpha value is -2.30. The lowest BCUT2D eigenvalue weighted by molar-refractivity contribution is 0.0631. The molecule has 2 heterocycles. The van der Waals surface area contributed by atoms with E-state index >= 15 is 0 Å². The van der Waals surface area contributed by atoms with E-state index in [0.717, 1.165) is 18.8 Å². The van der Waals surface area contributed by atoms with Crippen molar-refractivity contribution in [3.05, 3.63) is 47.3 Å². The van der Waals surface area contributed by atoms with E-state index in [4.69, 9.17) is 4.52 Å². The smallest absolute Gasteiger partial charge is 0.292 e. The molecule has 1 saturated heterocycles. The third-order valence-corrected chi connectivity index (χ3v) is 4.62. The van der Waals surface area contributed by atoms with Gasteiger partial charge in [0.1, 0.15) is 0 Å². The summed E-state index contributed by atoms with van der Waals surface area (Å²) in [5, 5.41) is 3.99. The summed E-state index contributed by atoms with van der Waals surface area (Å²) in [7, 11) is 0. The molecule has 1 aliphatic heterocycles. The number of carbonyl (C=O) groups excluding carboxylic acids is 1. The molecule has 0 saturated carbocycles. The van der Waals surface area contributed by atoms with Crippen LogP contribution in [0.4, 0.5) is 5.69 Å². The van der Waals surface area contributed by atoms with Crippen molar-refractivity contribution >= 4 is 11.6 Å². The minimum atomic E-state index is -0.0644. The predicted molar refractivity (Wildman–Crippen MR) is 94.5 cm³/mol. The Bertz CT molecular complexity index is 706. The highest BCUT2D eigenvalue weighted by molar-refractivity contribution is 5.92. The van der Waals surface area contributed by atoms with Gasteiger partial charge in [-0.15, -0.1) is 0 Å². The molecule has 1 fully saturated rings. The van der Waals surface area contributed by atoms with Gasteiger partial charge in [0.2, 0.25) is 5.76 Å². The molecule has 0 spiro atoms. The molecule has 128 valence electrons. The molecule has 3 rings (SSSR count). The van der Waals surface area contributed by atoms with Gasteiger partial charge in [-0.05, 0) is 31.9 Å². The van der Waals surface area contributed by atoms with Gasteiger partial charge in [0.05, 0.1) is 5.69 Å². The Morgan fingerprint density at radius 3 is 2.54 bits per heavy atom. The summed E-state index contributed by atoms with van der Waals surface area (Å²) in [6.07, 6.45) is 0. The largest absolute Gasteiger partial charge is 0.368 e. The predicted octanol–water partition coefficient (Wildman–Crippen LogP) is 3.46. The summed E-state index contributed by atoms with van der Waals surface area (Å²) in [5.41, 5.74) is 3.29. The maximum atomic E-state index is 12.7.